The van der Waals surface area contributed by atoms with Crippen molar-refractivity contribution in [3.05, 3.63) is 34.5 Å². The second kappa shape index (κ2) is 5.24. The Labute approximate surface area is 112 Å². The molecule has 2 rings (SSSR count). The van der Waals surface area contributed by atoms with Crippen LogP contribution in [0.2, 0.25) is 0 Å². The Bertz CT molecular complexity index is 511. The quantitative estimate of drug-likeness (QED) is 0.359. The SMILES string of the molecule is N#CC(=N[O-])c1nc2ccccc2s1.[Na+]. The molecule has 15 heavy (non-hydrogen) atoms. The first-order valence-electron chi connectivity index (χ1n) is 3.81. The standard InChI is InChI=1S/C9H5N3OS.Na/c10-5-7(12-13)9-11-6-3-1-2-4-8(6)14-9;/h1-4,13H;/q;+1/p-1. The van der Waals surface area contributed by atoms with Gasteiger partial charge in [0, 0.05) is 0 Å². The van der Waals surface area contributed by atoms with Gasteiger partial charge < -0.3 is 10.4 Å². The molecule has 0 N–H and O–H groups in total. The third-order valence-corrected chi connectivity index (χ3v) is 2.74. The van der Waals surface area contributed by atoms with Gasteiger partial charge in [-0.15, -0.1) is 11.3 Å². The van der Waals surface area contributed by atoms with Gasteiger partial charge in [-0.3, -0.25) is 0 Å². The van der Waals surface area contributed by atoms with E-state index in [9.17, 15) is 5.21 Å². The monoisotopic (exact) mass is 225 g/mol. The molecule has 6 heteroatoms. The first-order chi connectivity index (χ1) is 6.85. The number of nitrogens with zero attached hydrogens (tertiary/aromatic N) is 3. The van der Waals surface area contributed by atoms with Crippen molar-refractivity contribution >= 4 is 27.3 Å². The molecule has 0 fully saturated rings. The van der Waals surface area contributed by atoms with Crippen LogP contribution in [0.3, 0.4) is 0 Å². The molecular formula is C9H4N3NaOS. The Kier molecular flexibility index (Phi) is 4.24. The summed E-state index contributed by atoms with van der Waals surface area (Å²) in [5, 5.41) is 21.9. The van der Waals surface area contributed by atoms with E-state index < -0.39 is 0 Å². The first-order valence-corrected chi connectivity index (χ1v) is 4.63. The van der Waals surface area contributed by atoms with Gasteiger partial charge in [0.25, 0.3) is 0 Å². The number of aromatic nitrogens is 1. The average Bonchev–Trinajstić information content (AvgIpc) is 2.63. The smallest absolute Gasteiger partial charge is 0.791 e. The number of benzene rings is 1. The number of fused-ring (bicyclic) bond motifs is 1. The van der Waals surface area contributed by atoms with Crippen LogP contribution in [0, 0.1) is 16.5 Å². The number of nitriles is 1. The molecule has 0 unspecified atom stereocenters. The van der Waals surface area contributed by atoms with Crippen molar-refractivity contribution in [1.29, 1.82) is 5.26 Å². The van der Waals surface area contributed by atoms with E-state index in [1.165, 1.54) is 11.3 Å². The van der Waals surface area contributed by atoms with Crippen molar-refractivity contribution in [3.63, 3.8) is 0 Å². The van der Waals surface area contributed by atoms with Crippen LogP contribution in [-0.4, -0.2) is 10.7 Å². The number of rotatable bonds is 1. The molecule has 0 saturated heterocycles. The Balaban J connectivity index is 0.00000112. The topological polar surface area (TPSA) is 72.1 Å². The molecule has 68 valence electrons. The Morgan fingerprint density at radius 2 is 2.20 bits per heavy atom. The van der Waals surface area contributed by atoms with Crippen LogP contribution in [0.1, 0.15) is 5.01 Å². The van der Waals surface area contributed by atoms with Crippen LogP contribution in [0.25, 0.3) is 10.2 Å². The maximum absolute atomic E-state index is 10.3. The summed E-state index contributed by atoms with van der Waals surface area (Å²) in [5.41, 5.74) is 0.620. The summed E-state index contributed by atoms with van der Waals surface area (Å²) < 4.78 is 0.943. The molecule has 1 aromatic carbocycles. The number of thiazole rings is 1. The van der Waals surface area contributed by atoms with Crippen LogP contribution < -0.4 is 29.6 Å². The van der Waals surface area contributed by atoms with Crippen LogP contribution in [-0.2, 0) is 0 Å². The molecule has 0 aliphatic carbocycles. The van der Waals surface area contributed by atoms with Crippen LogP contribution in [0.5, 0.6) is 0 Å². The summed E-state index contributed by atoms with van der Waals surface area (Å²) in [6.45, 7) is 0. The molecule has 0 aliphatic heterocycles. The second-order valence-electron chi connectivity index (χ2n) is 2.54. The third-order valence-electron chi connectivity index (χ3n) is 1.69. The van der Waals surface area contributed by atoms with Crippen molar-refractivity contribution in [1.82, 2.24) is 4.98 Å². The Morgan fingerprint density at radius 3 is 2.80 bits per heavy atom. The number of hydrogen-bond acceptors (Lipinski definition) is 5. The van der Waals surface area contributed by atoms with Gasteiger partial charge >= 0.3 is 29.6 Å². The molecule has 0 bridgehead atoms. The van der Waals surface area contributed by atoms with E-state index in [1.54, 1.807) is 6.07 Å². The van der Waals surface area contributed by atoms with Crippen molar-refractivity contribution in [3.8, 4) is 6.07 Å². The predicted molar refractivity (Wildman–Crippen MR) is 55.1 cm³/mol. The van der Waals surface area contributed by atoms with Crippen LogP contribution >= 0.6 is 11.3 Å². The van der Waals surface area contributed by atoms with Crippen molar-refractivity contribution in [2.45, 2.75) is 0 Å². The van der Waals surface area contributed by atoms with Crippen LogP contribution in [0.4, 0.5) is 0 Å². The number of para-hydroxylation sites is 1. The first kappa shape index (κ1) is 12.1. The summed E-state index contributed by atoms with van der Waals surface area (Å²) in [5.74, 6) is 0. The molecule has 0 spiro atoms. The van der Waals surface area contributed by atoms with E-state index in [0.29, 0.717) is 5.01 Å². The molecule has 1 aromatic heterocycles. The van der Waals surface area contributed by atoms with Gasteiger partial charge in [0.2, 0.25) is 0 Å². The molecule has 1 heterocycles. The fraction of sp³-hybridized carbons (Fsp3) is 0. The van der Waals surface area contributed by atoms with Gasteiger partial charge in [-0.05, 0) is 12.1 Å². The fourth-order valence-corrected chi connectivity index (χ4v) is 1.98. The largest absolute Gasteiger partial charge is 1.00 e. The van der Waals surface area contributed by atoms with Gasteiger partial charge in [-0.2, -0.15) is 5.26 Å². The summed E-state index contributed by atoms with van der Waals surface area (Å²) in [4.78, 5) is 4.12. The molecule has 0 saturated carbocycles. The molecule has 0 radical (unpaired) electrons. The predicted octanol–water partition coefficient (Wildman–Crippen LogP) is -0.889. The zero-order chi connectivity index (χ0) is 9.97. The van der Waals surface area contributed by atoms with Crippen molar-refractivity contribution < 1.29 is 29.6 Å². The molecule has 0 atom stereocenters. The van der Waals surface area contributed by atoms with E-state index in [4.69, 9.17) is 5.26 Å². The van der Waals surface area contributed by atoms with Gasteiger partial charge in [-0.25, -0.2) is 4.98 Å². The summed E-state index contributed by atoms with van der Waals surface area (Å²) in [6.07, 6.45) is 0. The third kappa shape index (κ3) is 2.36. The average molecular weight is 225 g/mol. The van der Waals surface area contributed by atoms with Gasteiger partial charge in [0.05, 0.1) is 10.2 Å². The van der Waals surface area contributed by atoms with E-state index in [2.05, 4.69) is 10.1 Å². The van der Waals surface area contributed by atoms with Crippen molar-refractivity contribution in [2.75, 3.05) is 0 Å². The van der Waals surface area contributed by atoms with E-state index in [-0.39, 0.29) is 35.3 Å². The van der Waals surface area contributed by atoms with Gasteiger partial charge in [-0.1, -0.05) is 12.1 Å². The minimum Gasteiger partial charge on any atom is -0.791 e. The van der Waals surface area contributed by atoms with Gasteiger partial charge in [0.1, 0.15) is 6.07 Å². The summed E-state index contributed by atoms with van der Waals surface area (Å²) >= 11 is 1.29. The van der Waals surface area contributed by atoms with Gasteiger partial charge in [0.15, 0.2) is 10.7 Å². The maximum Gasteiger partial charge on any atom is 1.00 e. The van der Waals surface area contributed by atoms with E-state index in [0.717, 1.165) is 10.2 Å². The van der Waals surface area contributed by atoms with Crippen molar-refractivity contribution in [2.24, 2.45) is 5.16 Å². The molecule has 0 amide bonds. The molecule has 2 aromatic rings. The Morgan fingerprint density at radius 1 is 1.47 bits per heavy atom. The summed E-state index contributed by atoms with van der Waals surface area (Å²) in [7, 11) is 0. The van der Waals surface area contributed by atoms with E-state index in [1.807, 2.05) is 24.3 Å². The summed E-state index contributed by atoms with van der Waals surface area (Å²) in [6, 6.07) is 9.16. The fourth-order valence-electron chi connectivity index (χ4n) is 1.08. The van der Waals surface area contributed by atoms with Crippen LogP contribution in [0.15, 0.2) is 29.4 Å². The normalized spacial score (nSPS) is 10.7. The molecule has 0 aliphatic rings. The number of hydrogen-bond donors (Lipinski definition) is 0. The van der Waals surface area contributed by atoms with E-state index >= 15 is 0 Å². The zero-order valence-electron chi connectivity index (χ0n) is 7.97. The minimum absolute atomic E-state index is 0. The maximum atomic E-state index is 10.3. The molecular weight excluding hydrogens is 221 g/mol. The zero-order valence-corrected chi connectivity index (χ0v) is 10.8. The molecule has 4 nitrogen and oxygen atoms in total. The second-order valence-corrected chi connectivity index (χ2v) is 3.57. The Hall–Kier alpha value is -0.930. The minimum atomic E-state index is -0.161.